The molecule has 1 aliphatic rings. The van der Waals surface area contributed by atoms with E-state index in [9.17, 15) is 13.2 Å². The van der Waals surface area contributed by atoms with Gasteiger partial charge in [-0.1, -0.05) is 24.3 Å². The monoisotopic (exact) mass is 408 g/mol. The summed E-state index contributed by atoms with van der Waals surface area (Å²) in [6.07, 6.45) is 1.05. The van der Waals surface area contributed by atoms with Crippen LogP contribution in [0.25, 0.3) is 0 Å². The van der Waals surface area contributed by atoms with E-state index >= 15 is 0 Å². The number of para-hydroxylation sites is 1. The maximum Gasteiger partial charge on any atom is 0.252 e. The predicted molar refractivity (Wildman–Crippen MR) is 106 cm³/mol. The summed E-state index contributed by atoms with van der Waals surface area (Å²) in [5.41, 5.74) is 1.08. The van der Waals surface area contributed by atoms with Gasteiger partial charge in [0.2, 0.25) is 5.91 Å². The molecule has 1 aliphatic heterocycles. The molecule has 27 heavy (non-hydrogen) atoms. The zero-order valence-corrected chi connectivity index (χ0v) is 17.0. The van der Waals surface area contributed by atoms with Crippen molar-refractivity contribution in [3.63, 3.8) is 0 Å². The molecule has 2 aromatic rings. The normalized spacial score (nSPS) is 15.7. The third kappa shape index (κ3) is 4.88. The minimum absolute atomic E-state index is 0.0524. The number of thiophene rings is 1. The average Bonchev–Trinajstić information content (AvgIpc) is 3.22. The molecule has 1 aromatic heterocycles. The number of benzene rings is 1. The highest BCUT2D eigenvalue weighted by molar-refractivity contribution is 7.91. The second-order valence-electron chi connectivity index (χ2n) is 6.43. The molecule has 146 valence electrons. The van der Waals surface area contributed by atoms with E-state index in [2.05, 4.69) is 0 Å². The predicted octanol–water partition coefficient (Wildman–Crippen LogP) is 2.75. The van der Waals surface area contributed by atoms with Gasteiger partial charge in [0, 0.05) is 32.6 Å². The van der Waals surface area contributed by atoms with Crippen LogP contribution in [0.15, 0.2) is 46.0 Å². The van der Waals surface area contributed by atoms with Gasteiger partial charge in [-0.15, -0.1) is 11.3 Å². The van der Waals surface area contributed by atoms with E-state index < -0.39 is 10.0 Å². The molecule has 0 bridgehead atoms. The number of amides is 1. The summed E-state index contributed by atoms with van der Waals surface area (Å²) in [5.74, 6) is 0.897. The summed E-state index contributed by atoms with van der Waals surface area (Å²) in [6, 6.07) is 11.2. The second kappa shape index (κ2) is 8.86. The number of ether oxygens (including phenoxy) is 1. The Morgan fingerprint density at radius 3 is 2.52 bits per heavy atom. The fraction of sp³-hybridized carbons (Fsp3) is 0.421. The fourth-order valence-electron chi connectivity index (χ4n) is 3.00. The Kier molecular flexibility index (Phi) is 6.51. The summed E-state index contributed by atoms with van der Waals surface area (Å²) < 4.78 is 32.6. The molecule has 0 unspecified atom stereocenters. The fourth-order valence-corrected chi connectivity index (χ4v) is 5.56. The maximum atomic E-state index is 12.5. The molecular formula is C19H24N2O4S2. The van der Waals surface area contributed by atoms with Crippen molar-refractivity contribution in [2.24, 2.45) is 0 Å². The summed E-state index contributed by atoms with van der Waals surface area (Å²) in [4.78, 5) is 14.1. The molecule has 8 heteroatoms. The Balaban J connectivity index is 1.42. The average molecular weight is 409 g/mol. The largest absolute Gasteiger partial charge is 0.493 e. The number of nitrogens with zero attached hydrogens (tertiary/aromatic N) is 2. The lowest BCUT2D eigenvalue weighted by Crippen LogP contribution is -2.50. The topological polar surface area (TPSA) is 66.9 Å². The van der Waals surface area contributed by atoms with Gasteiger partial charge >= 0.3 is 0 Å². The first-order valence-corrected chi connectivity index (χ1v) is 11.3. The van der Waals surface area contributed by atoms with E-state index in [-0.39, 0.29) is 5.91 Å². The summed E-state index contributed by atoms with van der Waals surface area (Å²) in [6.45, 7) is 4.02. The van der Waals surface area contributed by atoms with Crippen molar-refractivity contribution >= 4 is 27.3 Å². The van der Waals surface area contributed by atoms with Crippen molar-refractivity contribution in [3.8, 4) is 5.75 Å². The van der Waals surface area contributed by atoms with E-state index in [1.807, 2.05) is 31.2 Å². The van der Waals surface area contributed by atoms with Gasteiger partial charge in [-0.25, -0.2) is 8.42 Å². The number of rotatable bonds is 7. The maximum absolute atomic E-state index is 12.5. The molecule has 1 aromatic carbocycles. The van der Waals surface area contributed by atoms with Crippen LogP contribution in [-0.4, -0.2) is 56.3 Å². The van der Waals surface area contributed by atoms with Gasteiger partial charge in [0.05, 0.1) is 6.61 Å². The molecule has 0 N–H and O–H groups in total. The molecule has 6 nitrogen and oxygen atoms in total. The molecule has 1 fully saturated rings. The molecule has 2 heterocycles. The van der Waals surface area contributed by atoms with Crippen molar-refractivity contribution in [2.75, 3.05) is 32.8 Å². The molecule has 1 saturated heterocycles. The minimum Gasteiger partial charge on any atom is -0.493 e. The molecule has 3 rings (SSSR count). The molecule has 0 saturated carbocycles. The van der Waals surface area contributed by atoms with E-state index in [1.54, 1.807) is 22.4 Å². The highest BCUT2D eigenvalue weighted by Gasteiger charge is 2.30. The van der Waals surface area contributed by atoms with E-state index in [1.165, 1.54) is 15.6 Å². The van der Waals surface area contributed by atoms with Crippen LogP contribution in [0.5, 0.6) is 5.75 Å². The lowest BCUT2D eigenvalue weighted by molar-refractivity contribution is -0.132. The van der Waals surface area contributed by atoms with E-state index in [4.69, 9.17) is 4.74 Å². The lowest BCUT2D eigenvalue weighted by atomic mass is 10.2. The smallest absolute Gasteiger partial charge is 0.252 e. The van der Waals surface area contributed by atoms with Crippen LogP contribution < -0.4 is 4.74 Å². The van der Waals surface area contributed by atoms with Crippen LogP contribution in [0.3, 0.4) is 0 Å². The molecule has 0 aliphatic carbocycles. The second-order valence-corrected chi connectivity index (χ2v) is 9.55. The third-order valence-corrected chi connectivity index (χ3v) is 7.84. The van der Waals surface area contributed by atoms with Crippen LogP contribution in [0.1, 0.15) is 18.4 Å². The highest BCUT2D eigenvalue weighted by Crippen LogP contribution is 2.22. The first-order valence-electron chi connectivity index (χ1n) is 8.98. The van der Waals surface area contributed by atoms with Gasteiger partial charge in [-0.05, 0) is 36.4 Å². The quantitative estimate of drug-likeness (QED) is 0.661. The Morgan fingerprint density at radius 2 is 1.85 bits per heavy atom. The SMILES string of the molecule is Cc1ccccc1OCCCC(=O)N1CCN(S(=O)(=O)c2cccs2)CC1. The zero-order chi connectivity index (χ0) is 19.3. The summed E-state index contributed by atoms with van der Waals surface area (Å²) in [7, 11) is -3.43. The Bertz CT molecular complexity index is 858. The van der Waals surface area contributed by atoms with E-state index in [0.29, 0.717) is 49.8 Å². The van der Waals surface area contributed by atoms with E-state index in [0.717, 1.165) is 11.3 Å². The number of hydrogen-bond donors (Lipinski definition) is 0. The lowest BCUT2D eigenvalue weighted by Gasteiger charge is -2.33. The van der Waals surface area contributed by atoms with Crippen molar-refractivity contribution in [2.45, 2.75) is 24.0 Å². The Hall–Kier alpha value is -1.90. The number of sulfonamides is 1. The van der Waals surface area contributed by atoms with Crippen LogP contribution in [0, 0.1) is 6.92 Å². The van der Waals surface area contributed by atoms with Crippen molar-refractivity contribution in [1.82, 2.24) is 9.21 Å². The Morgan fingerprint density at radius 1 is 1.11 bits per heavy atom. The molecule has 1 amide bonds. The molecule has 0 atom stereocenters. The third-order valence-electron chi connectivity index (χ3n) is 4.57. The Labute approximate surface area is 164 Å². The van der Waals surface area contributed by atoms with Crippen molar-refractivity contribution in [3.05, 3.63) is 47.3 Å². The van der Waals surface area contributed by atoms with Gasteiger partial charge in [0.25, 0.3) is 10.0 Å². The van der Waals surface area contributed by atoms with Gasteiger partial charge in [0.15, 0.2) is 0 Å². The zero-order valence-electron chi connectivity index (χ0n) is 15.3. The first-order chi connectivity index (χ1) is 13.0. The molecular weight excluding hydrogens is 384 g/mol. The van der Waals surface area contributed by atoms with Gasteiger partial charge in [0.1, 0.15) is 9.96 Å². The first kappa shape index (κ1) is 19.9. The minimum atomic E-state index is -3.43. The number of carbonyl (C=O) groups excluding carboxylic acids is 1. The van der Waals surface area contributed by atoms with Crippen LogP contribution >= 0.6 is 11.3 Å². The van der Waals surface area contributed by atoms with Gasteiger partial charge in [-0.3, -0.25) is 4.79 Å². The number of piperazine rings is 1. The molecule has 0 radical (unpaired) electrons. The van der Waals surface area contributed by atoms with Crippen molar-refractivity contribution in [1.29, 1.82) is 0 Å². The van der Waals surface area contributed by atoms with Crippen LogP contribution in [0.2, 0.25) is 0 Å². The number of hydrogen-bond acceptors (Lipinski definition) is 5. The highest BCUT2D eigenvalue weighted by atomic mass is 32.2. The number of aryl methyl sites for hydroxylation is 1. The van der Waals surface area contributed by atoms with Crippen molar-refractivity contribution < 1.29 is 17.9 Å². The number of carbonyl (C=O) groups is 1. The van der Waals surface area contributed by atoms with Gasteiger partial charge in [-0.2, -0.15) is 4.31 Å². The summed E-state index contributed by atoms with van der Waals surface area (Å²) >= 11 is 1.22. The summed E-state index contributed by atoms with van der Waals surface area (Å²) in [5, 5.41) is 1.76. The standard InChI is InChI=1S/C19H24N2O4S2/c1-16-6-2-3-7-17(16)25-14-4-8-18(22)20-10-12-21(13-11-20)27(23,24)19-9-5-15-26-19/h2-3,5-7,9,15H,4,8,10-14H2,1H3. The van der Waals surface area contributed by atoms with Crippen LogP contribution in [-0.2, 0) is 14.8 Å². The van der Waals surface area contributed by atoms with Crippen LogP contribution in [0.4, 0.5) is 0 Å². The van der Waals surface area contributed by atoms with Gasteiger partial charge < -0.3 is 9.64 Å². The molecule has 0 spiro atoms.